The Morgan fingerprint density at radius 1 is 0.857 bits per heavy atom. The number of fused-ring (bicyclic) bond motifs is 1. The smallest absolute Gasteiger partial charge is 0.247 e. The molecule has 0 unspecified atom stereocenters. The lowest BCUT2D eigenvalue weighted by Gasteiger charge is -2.22. The molecule has 1 saturated heterocycles. The first-order valence-electron chi connectivity index (χ1n) is 10.3. The highest BCUT2D eigenvalue weighted by atomic mass is 16.1. The van der Waals surface area contributed by atoms with Crippen LogP contribution in [0.2, 0.25) is 0 Å². The predicted octanol–water partition coefficient (Wildman–Crippen LogP) is 4.68. The predicted molar refractivity (Wildman–Crippen MR) is 115 cm³/mol. The molecule has 2 aliphatic heterocycles. The fourth-order valence-electron chi connectivity index (χ4n) is 5.30. The Labute approximate surface area is 164 Å². The van der Waals surface area contributed by atoms with Gasteiger partial charge in [-0.05, 0) is 38.7 Å². The number of ketones is 1. The van der Waals surface area contributed by atoms with Gasteiger partial charge in [-0.15, -0.1) is 0 Å². The maximum Gasteiger partial charge on any atom is 0.247 e. The van der Waals surface area contributed by atoms with Crippen molar-refractivity contribution in [1.82, 2.24) is 4.90 Å². The lowest BCUT2D eigenvalue weighted by Crippen LogP contribution is -2.42. The quantitative estimate of drug-likeness (QED) is 0.298. The molecule has 0 aliphatic carbocycles. The molecule has 0 saturated carbocycles. The van der Waals surface area contributed by atoms with Crippen LogP contribution in [0.5, 0.6) is 0 Å². The van der Waals surface area contributed by atoms with Gasteiger partial charge in [-0.3, -0.25) is 14.3 Å². The average molecular weight is 367 g/mol. The zero-order valence-corrected chi connectivity index (χ0v) is 15.9. The van der Waals surface area contributed by atoms with Gasteiger partial charge in [0.1, 0.15) is 6.54 Å². The number of hydrogen-bond donors (Lipinski definition) is 0. The second kappa shape index (κ2) is 6.03. The fourth-order valence-corrected chi connectivity index (χ4v) is 5.30. The van der Waals surface area contributed by atoms with E-state index in [2.05, 4.69) is 58.0 Å². The third kappa shape index (κ3) is 2.29. The van der Waals surface area contributed by atoms with Crippen molar-refractivity contribution in [1.29, 1.82) is 0 Å². The Kier molecular flexibility index (Phi) is 3.46. The second-order valence-electron chi connectivity index (χ2n) is 8.17. The summed E-state index contributed by atoms with van der Waals surface area (Å²) in [5.41, 5.74) is 0.862. The summed E-state index contributed by atoms with van der Waals surface area (Å²) in [5, 5.41) is 7.31. The minimum absolute atomic E-state index is 0.235. The summed E-state index contributed by atoms with van der Waals surface area (Å²) in [6.45, 7) is 3.80. The molecule has 0 spiro atoms. The third-order valence-electron chi connectivity index (χ3n) is 6.58. The van der Waals surface area contributed by atoms with Crippen molar-refractivity contribution in [2.24, 2.45) is 0 Å². The highest BCUT2D eigenvalue weighted by Gasteiger charge is 2.32. The summed E-state index contributed by atoms with van der Waals surface area (Å²) in [6.07, 6.45) is 3.49. The minimum atomic E-state index is 0.235. The van der Waals surface area contributed by atoms with Gasteiger partial charge in [0.2, 0.25) is 11.6 Å². The van der Waals surface area contributed by atoms with E-state index in [1.807, 2.05) is 6.07 Å². The topological polar surface area (TPSA) is 23.3 Å². The molecule has 28 heavy (non-hydrogen) atoms. The first-order valence-corrected chi connectivity index (χ1v) is 10.3. The molecule has 0 aromatic heterocycles. The summed E-state index contributed by atoms with van der Waals surface area (Å²) in [4.78, 5) is 15.8. The van der Waals surface area contributed by atoms with Crippen molar-refractivity contribution >= 4 is 43.9 Å². The van der Waals surface area contributed by atoms with Crippen LogP contribution in [0, 0.1) is 0 Å². The van der Waals surface area contributed by atoms with E-state index in [1.54, 1.807) is 0 Å². The van der Waals surface area contributed by atoms with E-state index in [9.17, 15) is 4.79 Å². The van der Waals surface area contributed by atoms with Gasteiger partial charge in [0.05, 0.1) is 26.1 Å². The normalized spacial score (nSPS) is 17.2. The molecule has 2 aliphatic rings. The molecular weight excluding hydrogens is 344 g/mol. The Bertz CT molecular complexity index is 1250. The molecule has 138 valence electrons. The molecule has 0 radical (unpaired) electrons. The van der Waals surface area contributed by atoms with Gasteiger partial charge in [0.15, 0.2) is 0 Å². The van der Waals surface area contributed by atoms with Crippen LogP contribution in [0.1, 0.15) is 29.6 Å². The average Bonchev–Trinajstić information content (AvgIpc) is 3.22. The summed E-state index contributed by atoms with van der Waals surface area (Å²) < 4.78 is 2.33. The standard InChI is InChI=1S/C25H23N2O/c28-22(16-27-15-3-14-26-13-2-6-23(26)27)20-11-9-19-8-7-17-4-1-5-18-10-12-21(20)25(19)24(17)18/h1,4-5,7-12H,2-3,6,13-16H2/q+1. The number of carbonyl (C=O) groups excluding carboxylic acids is 1. The van der Waals surface area contributed by atoms with Crippen LogP contribution in [0.25, 0.3) is 32.3 Å². The van der Waals surface area contributed by atoms with E-state index in [-0.39, 0.29) is 5.78 Å². The van der Waals surface area contributed by atoms with Gasteiger partial charge < -0.3 is 0 Å². The van der Waals surface area contributed by atoms with Gasteiger partial charge in [-0.1, -0.05) is 54.6 Å². The Morgan fingerprint density at radius 3 is 2.43 bits per heavy atom. The first-order chi connectivity index (χ1) is 13.8. The highest BCUT2D eigenvalue weighted by Crippen LogP contribution is 2.36. The van der Waals surface area contributed by atoms with Gasteiger partial charge in [-0.25, -0.2) is 0 Å². The Morgan fingerprint density at radius 2 is 1.57 bits per heavy atom. The molecule has 0 N–H and O–H groups in total. The Balaban J connectivity index is 1.50. The molecule has 3 heteroatoms. The largest absolute Gasteiger partial charge is 0.290 e. The van der Waals surface area contributed by atoms with Crippen molar-refractivity contribution in [2.75, 3.05) is 26.2 Å². The first kappa shape index (κ1) is 16.1. The third-order valence-corrected chi connectivity index (χ3v) is 6.58. The van der Waals surface area contributed by atoms with Crippen LogP contribution in [-0.4, -0.2) is 47.3 Å². The number of Topliss-reactive ketones (excluding diaryl/α,β-unsaturated/α-hetero) is 1. The van der Waals surface area contributed by atoms with Crippen molar-refractivity contribution < 1.29 is 9.37 Å². The molecule has 1 fully saturated rings. The molecule has 4 aromatic rings. The zero-order chi connectivity index (χ0) is 18.7. The molecule has 6 rings (SSSR count). The molecule has 4 aromatic carbocycles. The Hall–Kier alpha value is -2.94. The number of carbonyl (C=O) groups is 1. The molecule has 0 amide bonds. The van der Waals surface area contributed by atoms with Gasteiger partial charge in [0, 0.05) is 12.0 Å². The maximum absolute atomic E-state index is 13.4. The maximum atomic E-state index is 13.4. The summed E-state index contributed by atoms with van der Waals surface area (Å²) in [6, 6.07) is 19.2. The van der Waals surface area contributed by atoms with Crippen LogP contribution in [0.4, 0.5) is 0 Å². The van der Waals surface area contributed by atoms with Crippen LogP contribution >= 0.6 is 0 Å². The molecule has 3 nitrogen and oxygen atoms in total. The number of nitrogens with zero attached hydrogens (tertiary/aromatic N) is 2. The minimum Gasteiger partial charge on any atom is -0.290 e. The van der Waals surface area contributed by atoms with E-state index in [4.69, 9.17) is 0 Å². The second-order valence-corrected chi connectivity index (χ2v) is 8.17. The van der Waals surface area contributed by atoms with E-state index in [1.165, 1.54) is 39.2 Å². The lowest BCUT2D eigenvalue weighted by atomic mass is 9.91. The van der Waals surface area contributed by atoms with E-state index in [0.29, 0.717) is 6.54 Å². The number of rotatable bonds is 3. The van der Waals surface area contributed by atoms with Crippen molar-refractivity contribution in [3.8, 4) is 0 Å². The van der Waals surface area contributed by atoms with Crippen molar-refractivity contribution in [2.45, 2.75) is 19.3 Å². The van der Waals surface area contributed by atoms with E-state index < -0.39 is 0 Å². The van der Waals surface area contributed by atoms with Gasteiger partial charge in [0.25, 0.3) is 0 Å². The summed E-state index contributed by atoms with van der Waals surface area (Å²) >= 11 is 0. The zero-order valence-electron chi connectivity index (χ0n) is 15.9. The molecule has 0 atom stereocenters. The van der Waals surface area contributed by atoms with Crippen LogP contribution in [0.3, 0.4) is 0 Å². The number of benzene rings is 4. The number of hydrogen-bond acceptors (Lipinski definition) is 2. The summed E-state index contributed by atoms with van der Waals surface area (Å²) in [7, 11) is 0. The molecule has 0 bridgehead atoms. The van der Waals surface area contributed by atoms with E-state index >= 15 is 0 Å². The van der Waals surface area contributed by atoms with Crippen LogP contribution in [-0.2, 0) is 0 Å². The SMILES string of the molecule is O=C(C[N+]1=C2CCCN2CCC1)c1ccc2ccc3cccc4ccc1c2c34. The van der Waals surface area contributed by atoms with Crippen LogP contribution < -0.4 is 0 Å². The van der Waals surface area contributed by atoms with Crippen molar-refractivity contribution in [3.05, 3.63) is 60.2 Å². The van der Waals surface area contributed by atoms with Gasteiger partial charge in [-0.2, -0.15) is 0 Å². The monoisotopic (exact) mass is 367 g/mol. The van der Waals surface area contributed by atoms with Crippen molar-refractivity contribution in [3.63, 3.8) is 0 Å². The van der Waals surface area contributed by atoms with Gasteiger partial charge >= 0.3 is 0 Å². The van der Waals surface area contributed by atoms with E-state index in [0.717, 1.165) is 43.4 Å². The van der Waals surface area contributed by atoms with Crippen LogP contribution in [0.15, 0.2) is 54.6 Å². The lowest BCUT2D eigenvalue weighted by molar-refractivity contribution is -0.525. The number of amidine groups is 1. The fraction of sp³-hybridized carbons (Fsp3) is 0.280. The highest BCUT2D eigenvalue weighted by molar-refractivity contribution is 6.26. The molecule has 2 heterocycles. The molecular formula is C25H23N2O+. The summed E-state index contributed by atoms with van der Waals surface area (Å²) in [5.74, 6) is 1.62.